The van der Waals surface area contributed by atoms with Crippen LogP contribution in [0.5, 0.6) is 11.5 Å². The van der Waals surface area contributed by atoms with E-state index in [0.717, 1.165) is 0 Å². The Balaban J connectivity index is 2.14. The second kappa shape index (κ2) is 5.23. The third kappa shape index (κ3) is 2.44. The summed E-state index contributed by atoms with van der Waals surface area (Å²) in [5.74, 6) is -0.664. The van der Waals surface area contributed by atoms with Crippen LogP contribution in [0.15, 0.2) is 65.6 Å². The summed E-state index contributed by atoms with van der Waals surface area (Å²) in [6.07, 6.45) is 0. The number of nitrogens with one attached hydrogen (secondary N) is 1. The minimum absolute atomic E-state index is 0.117. The summed E-state index contributed by atoms with van der Waals surface area (Å²) < 4.78 is 27.2. The van der Waals surface area contributed by atoms with Crippen molar-refractivity contribution in [3.05, 3.63) is 60.7 Å². The summed E-state index contributed by atoms with van der Waals surface area (Å²) in [7, 11) is -3.78. The van der Waals surface area contributed by atoms with Crippen LogP contribution in [-0.2, 0) is 10.0 Å². The molecule has 0 atom stereocenters. The first-order chi connectivity index (χ1) is 10.5. The van der Waals surface area contributed by atoms with Crippen molar-refractivity contribution < 1.29 is 18.6 Å². The lowest BCUT2D eigenvalue weighted by atomic mass is 10.1. The fraction of sp³-hybridized carbons (Fsp3) is 0. The Labute approximate surface area is 127 Å². The summed E-state index contributed by atoms with van der Waals surface area (Å²) in [4.78, 5) is 0.117. The van der Waals surface area contributed by atoms with Gasteiger partial charge in [0.2, 0.25) is 0 Å². The molecule has 0 spiro atoms. The van der Waals surface area contributed by atoms with Crippen LogP contribution >= 0.6 is 0 Å². The van der Waals surface area contributed by atoms with E-state index in [2.05, 4.69) is 4.72 Å². The van der Waals surface area contributed by atoms with E-state index in [1.165, 1.54) is 18.2 Å². The fourth-order valence-electron chi connectivity index (χ4n) is 2.23. The van der Waals surface area contributed by atoms with E-state index in [1.54, 1.807) is 42.5 Å². The molecule has 0 heterocycles. The summed E-state index contributed by atoms with van der Waals surface area (Å²) in [6.45, 7) is 0. The van der Waals surface area contributed by atoms with Gasteiger partial charge in [0.1, 0.15) is 0 Å². The lowest BCUT2D eigenvalue weighted by Crippen LogP contribution is -2.13. The number of hydrogen-bond donors (Lipinski definition) is 3. The monoisotopic (exact) mass is 315 g/mol. The first kappa shape index (κ1) is 14.2. The van der Waals surface area contributed by atoms with E-state index >= 15 is 0 Å². The van der Waals surface area contributed by atoms with E-state index in [9.17, 15) is 18.6 Å². The first-order valence-electron chi connectivity index (χ1n) is 6.50. The van der Waals surface area contributed by atoms with E-state index in [0.29, 0.717) is 10.8 Å². The van der Waals surface area contributed by atoms with Crippen LogP contribution in [-0.4, -0.2) is 18.6 Å². The van der Waals surface area contributed by atoms with Crippen molar-refractivity contribution in [1.29, 1.82) is 0 Å². The van der Waals surface area contributed by atoms with E-state index in [4.69, 9.17) is 0 Å². The number of aromatic hydroxyl groups is 2. The zero-order chi connectivity index (χ0) is 15.7. The Hall–Kier alpha value is -2.73. The van der Waals surface area contributed by atoms with E-state index in [-0.39, 0.29) is 22.1 Å². The molecule has 3 rings (SSSR count). The predicted molar refractivity (Wildman–Crippen MR) is 84.5 cm³/mol. The summed E-state index contributed by atoms with van der Waals surface area (Å²) >= 11 is 0. The number of hydrogen-bond acceptors (Lipinski definition) is 4. The van der Waals surface area contributed by atoms with Crippen LogP contribution in [0.25, 0.3) is 10.8 Å². The van der Waals surface area contributed by atoms with Crippen LogP contribution in [0.4, 0.5) is 5.69 Å². The van der Waals surface area contributed by atoms with Gasteiger partial charge in [0.25, 0.3) is 10.0 Å². The molecule has 0 fully saturated rings. The largest absolute Gasteiger partial charge is 0.504 e. The highest BCUT2D eigenvalue weighted by molar-refractivity contribution is 7.92. The molecule has 22 heavy (non-hydrogen) atoms. The third-order valence-corrected chi connectivity index (χ3v) is 4.68. The molecule has 0 saturated heterocycles. The molecule has 0 radical (unpaired) electrons. The standard InChI is InChI=1S/C16H13NO4S/c18-15-10-14(12-8-4-5-9-13(12)16(15)19)17-22(20,21)11-6-2-1-3-7-11/h1-10,17-19H. The fourth-order valence-corrected chi connectivity index (χ4v) is 3.32. The molecule has 112 valence electrons. The highest BCUT2D eigenvalue weighted by Crippen LogP contribution is 2.39. The maximum absolute atomic E-state index is 12.4. The highest BCUT2D eigenvalue weighted by atomic mass is 32.2. The maximum Gasteiger partial charge on any atom is 0.261 e. The molecule has 0 saturated carbocycles. The molecular formula is C16H13NO4S. The second-order valence-corrected chi connectivity index (χ2v) is 6.44. The molecular weight excluding hydrogens is 302 g/mol. The number of anilines is 1. The van der Waals surface area contributed by atoms with Crippen molar-refractivity contribution >= 4 is 26.5 Å². The van der Waals surface area contributed by atoms with Crippen molar-refractivity contribution in [3.63, 3.8) is 0 Å². The third-order valence-electron chi connectivity index (χ3n) is 3.29. The van der Waals surface area contributed by atoms with Gasteiger partial charge in [0.05, 0.1) is 10.6 Å². The molecule has 0 aliphatic heterocycles. The van der Waals surface area contributed by atoms with Gasteiger partial charge in [0.15, 0.2) is 11.5 Å². The van der Waals surface area contributed by atoms with Crippen molar-refractivity contribution in [2.75, 3.05) is 4.72 Å². The van der Waals surface area contributed by atoms with Crippen LogP contribution in [0.2, 0.25) is 0 Å². The van der Waals surface area contributed by atoms with Gasteiger partial charge >= 0.3 is 0 Å². The number of phenols is 2. The SMILES string of the molecule is O=S(=O)(Nc1cc(O)c(O)c2ccccc12)c1ccccc1. The Morgan fingerprint density at radius 2 is 1.41 bits per heavy atom. The van der Waals surface area contributed by atoms with E-state index in [1.807, 2.05) is 0 Å². The molecule has 0 aliphatic carbocycles. The number of fused-ring (bicyclic) bond motifs is 1. The van der Waals surface area contributed by atoms with E-state index < -0.39 is 10.0 Å². The van der Waals surface area contributed by atoms with Crippen molar-refractivity contribution in [3.8, 4) is 11.5 Å². The van der Waals surface area contributed by atoms with Crippen LogP contribution in [0.1, 0.15) is 0 Å². The van der Waals surface area contributed by atoms with Gasteiger partial charge in [-0.1, -0.05) is 42.5 Å². The minimum Gasteiger partial charge on any atom is -0.504 e. The minimum atomic E-state index is -3.78. The first-order valence-corrected chi connectivity index (χ1v) is 7.99. The van der Waals surface area contributed by atoms with Crippen molar-refractivity contribution in [2.24, 2.45) is 0 Å². The van der Waals surface area contributed by atoms with Gasteiger partial charge in [-0.2, -0.15) is 0 Å². The summed E-state index contributed by atoms with van der Waals surface area (Å²) in [5, 5.41) is 20.5. The van der Waals surface area contributed by atoms with Gasteiger partial charge in [-0.15, -0.1) is 0 Å². The molecule has 3 N–H and O–H groups in total. The quantitative estimate of drug-likeness (QED) is 0.512. The lowest BCUT2D eigenvalue weighted by molar-refractivity contribution is 0.408. The number of benzene rings is 3. The normalized spacial score (nSPS) is 11.5. The number of sulfonamides is 1. The highest BCUT2D eigenvalue weighted by Gasteiger charge is 2.17. The average Bonchev–Trinajstić information content (AvgIpc) is 2.53. The van der Waals surface area contributed by atoms with Crippen molar-refractivity contribution in [1.82, 2.24) is 0 Å². The molecule has 5 nitrogen and oxygen atoms in total. The van der Waals surface area contributed by atoms with Gasteiger partial charge in [-0.25, -0.2) is 8.42 Å². The van der Waals surface area contributed by atoms with Gasteiger partial charge in [-0.05, 0) is 12.1 Å². The molecule has 0 bridgehead atoms. The molecule has 3 aromatic carbocycles. The topological polar surface area (TPSA) is 86.6 Å². The van der Waals surface area contributed by atoms with Crippen LogP contribution < -0.4 is 4.72 Å². The number of phenolic OH excluding ortho intramolecular Hbond substituents is 2. The van der Waals surface area contributed by atoms with Crippen LogP contribution in [0, 0.1) is 0 Å². The maximum atomic E-state index is 12.4. The molecule has 6 heteroatoms. The zero-order valence-corrected chi connectivity index (χ0v) is 12.2. The van der Waals surface area contributed by atoms with Gasteiger partial charge in [-0.3, -0.25) is 4.72 Å². The predicted octanol–water partition coefficient (Wildman–Crippen LogP) is 3.05. The summed E-state index contributed by atoms with van der Waals surface area (Å²) in [6, 6.07) is 15.8. The smallest absolute Gasteiger partial charge is 0.261 e. The molecule has 3 aromatic rings. The molecule has 0 amide bonds. The van der Waals surface area contributed by atoms with Crippen molar-refractivity contribution in [2.45, 2.75) is 4.90 Å². The van der Waals surface area contributed by atoms with Gasteiger partial charge in [0, 0.05) is 16.8 Å². The van der Waals surface area contributed by atoms with Gasteiger partial charge < -0.3 is 10.2 Å². The Kier molecular flexibility index (Phi) is 3.38. The molecule has 0 aromatic heterocycles. The zero-order valence-electron chi connectivity index (χ0n) is 11.4. The van der Waals surface area contributed by atoms with Crippen LogP contribution in [0.3, 0.4) is 0 Å². The Bertz CT molecular complexity index is 937. The lowest BCUT2D eigenvalue weighted by Gasteiger charge is -2.12. The number of rotatable bonds is 3. The second-order valence-electron chi connectivity index (χ2n) is 4.76. The Morgan fingerprint density at radius 3 is 2.09 bits per heavy atom. The average molecular weight is 315 g/mol. The Morgan fingerprint density at radius 1 is 0.818 bits per heavy atom. The molecule has 0 aliphatic rings. The molecule has 0 unspecified atom stereocenters. The summed E-state index contributed by atoms with van der Waals surface area (Å²) in [5.41, 5.74) is 0.203.